The Morgan fingerprint density at radius 1 is 1.41 bits per heavy atom. The van der Waals surface area contributed by atoms with Crippen LogP contribution in [0.2, 0.25) is 0 Å². The fourth-order valence-electron chi connectivity index (χ4n) is 3.87. The zero-order chi connectivity index (χ0) is 15.1. The van der Waals surface area contributed by atoms with E-state index in [9.17, 15) is 4.79 Å². The predicted octanol–water partition coefficient (Wildman–Crippen LogP) is 3.50. The van der Waals surface area contributed by atoms with E-state index in [0.717, 1.165) is 32.2 Å². The molecule has 1 unspecified atom stereocenters. The molecule has 4 rings (SSSR count). The van der Waals surface area contributed by atoms with Gasteiger partial charge in [-0.15, -0.1) is 11.3 Å². The third-order valence-corrected chi connectivity index (χ3v) is 6.00. The summed E-state index contributed by atoms with van der Waals surface area (Å²) in [5, 5.41) is 9.62. The summed E-state index contributed by atoms with van der Waals surface area (Å²) in [7, 11) is 0. The monoisotopic (exact) mass is 315 g/mol. The number of carbonyl (C=O) groups excluding carboxylic acids is 1. The third kappa shape index (κ3) is 2.10. The molecule has 1 atom stereocenters. The first kappa shape index (κ1) is 14.0. The van der Waals surface area contributed by atoms with Crippen LogP contribution in [0.4, 0.5) is 0 Å². The van der Waals surface area contributed by atoms with Gasteiger partial charge in [-0.05, 0) is 55.5 Å². The maximum Gasteiger partial charge on any atom is 0.275 e. The van der Waals surface area contributed by atoms with Crippen molar-refractivity contribution in [2.45, 2.75) is 51.5 Å². The molecule has 0 saturated carbocycles. The number of thiophene rings is 1. The second kappa shape index (κ2) is 5.54. The third-order valence-electron chi connectivity index (χ3n) is 5.00. The Hall–Kier alpha value is -1.62. The molecule has 1 aliphatic heterocycles. The summed E-state index contributed by atoms with van der Waals surface area (Å²) in [6.07, 6.45) is 6.31. The highest BCUT2D eigenvalue weighted by Gasteiger charge is 2.33. The van der Waals surface area contributed by atoms with E-state index >= 15 is 0 Å². The van der Waals surface area contributed by atoms with Crippen molar-refractivity contribution in [2.75, 3.05) is 6.54 Å². The fraction of sp³-hybridized carbons (Fsp3) is 0.529. The van der Waals surface area contributed by atoms with Gasteiger partial charge in [-0.2, -0.15) is 5.10 Å². The van der Waals surface area contributed by atoms with Gasteiger partial charge in [0.05, 0.1) is 6.04 Å². The molecule has 1 N–H and O–H groups in total. The van der Waals surface area contributed by atoms with Crippen LogP contribution >= 0.6 is 11.3 Å². The highest BCUT2D eigenvalue weighted by atomic mass is 32.1. The number of hydrogen-bond donors (Lipinski definition) is 1. The van der Waals surface area contributed by atoms with Crippen LogP contribution in [-0.2, 0) is 19.3 Å². The molecule has 0 bridgehead atoms. The van der Waals surface area contributed by atoms with Crippen molar-refractivity contribution < 1.29 is 4.79 Å². The van der Waals surface area contributed by atoms with E-state index in [2.05, 4.69) is 28.6 Å². The molecular weight excluding hydrogens is 294 g/mol. The van der Waals surface area contributed by atoms with E-state index in [4.69, 9.17) is 0 Å². The molecule has 22 heavy (non-hydrogen) atoms. The number of hydrogen-bond acceptors (Lipinski definition) is 3. The van der Waals surface area contributed by atoms with Gasteiger partial charge < -0.3 is 4.90 Å². The summed E-state index contributed by atoms with van der Waals surface area (Å²) < 4.78 is 0. The lowest BCUT2D eigenvalue weighted by molar-refractivity contribution is 0.0650. The quantitative estimate of drug-likeness (QED) is 0.922. The molecule has 0 fully saturated rings. The molecule has 0 radical (unpaired) electrons. The number of fused-ring (bicyclic) bond motifs is 2. The van der Waals surface area contributed by atoms with Gasteiger partial charge in [0, 0.05) is 22.7 Å². The average molecular weight is 315 g/mol. The van der Waals surface area contributed by atoms with Gasteiger partial charge in [0.2, 0.25) is 0 Å². The number of carbonyl (C=O) groups is 1. The smallest absolute Gasteiger partial charge is 0.275 e. The first-order valence-electron chi connectivity index (χ1n) is 8.23. The van der Waals surface area contributed by atoms with Crippen LogP contribution in [0.1, 0.15) is 64.4 Å². The number of aromatic amines is 1. The zero-order valence-corrected chi connectivity index (χ0v) is 13.7. The van der Waals surface area contributed by atoms with E-state index < -0.39 is 0 Å². The lowest BCUT2D eigenvalue weighted by atomic mass is 9.94. The molecule has 2 aromatic rings. The van der Waals surface area contributed by atoms with Crippen LogP contribution < -0.4 is 0 Å². The van der Waals surface area contributed by atoms with Crippen molar-refractivity contribution >= 4 is 17.2 Å². The Morgan fingerprint density at radius 2 is 2.27 bits per heavy atom. The summed E-state index contributed by atoms with van der Waals surface area (Å²) in [6.45, 7) is 2.98. The number of nitrogens with zero attached hydrogens (tertiary/aromatic N) is 2. The van der Waals surface area contributed by atoms with Gasteiger partial charge >= 0.3 is 0 Å². The average Bonchev–Trinajstić information content (AvgIpc) is 3.19. The van der Waals surface area contributed by atoms with Gasteiger partial charge in [-0.25, -0.2) is 0 Å². The molecule has 2 aromatic heterocycles. The summed E-state index contributed by atoms with van der Waals surface area (Å²) in [5.74, 6) is 0.114. The second-order valence-corrected chi connectivity index (χ2v) is 7.21. The highest BCUT2D eigenvalue weighted by molar-refractivity contribution is 7.10. The minimum atomic E-state index is 0.114. The minimum Gasteiger partial charge on any atom is -0.330 e. The summed E-state index contributed by atoms with van der Waals surface area (Å²) in [4.78, 5) is 16.6. The molecule has 0 aromatic carbocycles. The van der Waals surface area contributed by atoms with Gasteiger partial charge in [0.15, 0.2) is 5.69 Å². The Labute approximate surface area is 134 Å². The molecule has 1 aliphatic carbocycles. The molecule has 2 aliphatic rings. The zero-order valence-electron chi connectivity index (χ0n) is 12.9. The normalized spacial score (nSPS) is 20.6. The van der Waals surface area contributed by atoms with Crippen LogP contribution in [0.3, 0.4) is 0 Å². The van der Waals surface area contributed by atoms with Crippen molar-refractivity contribution in [1.82, 2.24) is 15.1 Å². The Kier molecular flexibility index (Phi) is 3.53. The first-order valence-corrected chi connectivity index (χ1v) is 9.11. The number of aromatic nitrogens is 2. The number of nitrogens with one attached hydrogen (secondary N) is 1. The molecule has 0 saturated heterocycles. The number of aryl methyl sites for hydroxylation is 1. The molecule has 3 heterocycles. The molecule has 4 nitrogen and oxygen atoms in total. The van der Waals surface area contributed by atoms with E-state index in [0.29, 0.717) is 5.69 Å². The van der Waals surface area contributed by atoms with E-state index in [1.165, 1.54) is 34.5 Å². The number of rotatable bonds is 2. The van der Waals surface area contributed by atoms with Crippen LogP contribution in [0.5, 0.6) is 0 Å². The van der Waals surface area contributed by atoms with Gasteiger partial charge in [0.1, 0.15) is 0 Å². The Morgan fingerprint density at radius 3 is 3.14 bits per heavy atom. The maximum atomic E-state index is 13.1. The standard InChI is InChI=1S/C17H21N3OS/c1-2-14-12-8-10-22-15(12)7-9-20(14)17(21)16-11-5-3-4-6-13(11)18-19-16/h8,10,14H,2-7,9H2,1H3,(H,18,19). The maximum absolute atomic E-state index is 13.1. The molecule has 116 valence electrons. The first-order chi connectivity index (χ1) is 10.8. The predicted molar refractivity (Wildman–Crippen MR) is 87.3 cm³/mol. The lowest BCUT2D eigenvalue weighted by Gasteiger charge is -2.35. The van der Waals surface area contributed by atoms with Crippen molar-refractivity contribution in [3.8, 4) is 0 Å². The van der Waals surface area contributed by atoms with E-state index in [1.807, 2.05) is 16.2 Å². The van der Waals surface area contributed by atoms with Crippen molar-refractivity contribution in [3.63, 3.8) is 0 Å². The van der Waals surface area contributed by atoms with Crippen LogP contribution in [0.15, 0.2) is 11.4 Å². The molecular formula is C17H21N3OS. The van der Waals surface area contributed by atoms with Crippen molar-refractivity contribution in [2.24, 2.45) is 0 Å². The number of amides is 1. The summed E-state index contributed by atoms with van der Waals surface area (Å²) in [6, 6.07) is 2.40. The lowest BCUT2D eigenvalue weighted by Crippen LogP contribution is -2.40. The number of H-pyrrole nitrogens is 1. The molecule has 0 spiro atoms. The Bertz CT molecular complexity index is 703. The Balaban J connectivity index is 1.67. The van der Waals surface area contributed by atoms with E-state index in [-0.39, 0.29) is 11.9 Å². The largest absolute Gasteiger partial charge is 0.330 e. The second-order valence-electron chi connectivity index (χ2n) is 6.21. The minimum absolute atomic E-state index is 0.114. The molecule has 5 heteroatoms. The van der Waals surface area contributed by atoms with Gasteiger partial charge in [-0.1, -0.05) is 6.92 Å². The van der Waals surface area contributed by atoms with Crippen LogP contribution in [-0.4, -0.2) is 27.5 Å². The topological polar surface area (TPSA) is 49.0 Å². The van der Waals surface area contributed by atoms with E-state index in [1.54, 1.807) is 0 Å². The fourth-order valence-corrected chi connectivity index (χ4v) is 4.80. The summed E-state index contributed by atoms with van der Waals surface area (Å²) >= 11 is 1.82. The highest BCUT2D eigenvalue weighted by Crippen LogP contribution is 2.36. The SMILES string of the molecule is CCC1c2ccsc2CCN1C(=O)c1n[nH]c2c1CCCC2. The van der Waals surface area contributed by atoms with Crippen molar-refractivity contribution in [3.05, 3.63) is 38.8 Å². The van der Waals surface area contributed by atoms with Gasteiger partial charge in [0.25, 0.3) is 5.91 Å². The van der Waals surface area contributed by atoms with Crippen LogP contribution in [0.25, 0.3) is 0 Å². The van der Waals surface area contributed by atoms with Crippen molar-refractivity contribution in [1.29, 1.82) is 0 Å². The van der Waals surface area contributed by atoms with Gasteiger partial charge in [-0.3, -0.25) is 9.89 Å². The summed E-state index contributed by atoms with van der Waals surface area (Å²) in [5.41, 5.74) is 4.36. The molecule has 1 amide bonds. The van der Waals surface area contributed by atoms with Crippen LogP contribution in [0, 0.1) is 0 Å².